The molecular formula is C22H26N4O2S. The van der Waals surface area contributed by atoms with E-state index in [0.717, 1.165) is 49.5 Å². The lowest BCUT2D eigenvalue weighted by molar-refractivity contribution is 0.122. The minimum atomic E-state index is -0.0191. The van der Waals surface area contributed by atoms with Crippen LogP contribution in [0, 0.1) is 0 Å². The van der Waals surface area contributed by atoms with Crippen LogP contribution in [0.25, 0.3) is 0 Å². The molecule has 0 unspecified atom stereocenters. The number of thioether (sulfide) groups is 1. The zero-order valence-corrected chi connectivity index (χ0v) is 17.6. The van der Waals surface area contributed by atoms with Crippen molar-refractivity contribution in [3.63, 3.8) is 0 Å². The van der Waals surface area contributed by atoms with Crippen LogP contribution >= 0.6 is 11.8 Å². The summed E-state index contributed by atoms with van der Waals surface area (Å²) in [7, 11) is 1.76. The summed E-state index contributed by atoms with van der Waals surface area (Å²) in [5.74, 6) is 0.918. The molecule has 0 radical (unpaired) electrons. The standard InChI is InChI=1S/C22H26N4O2S/c1-15-14-26-21(20(24-22(26)29-15)18-5-3-4-8-23-18)17-7-6-16(13-19(17)27-2)25-9-11-28-12-10-25/h3-8,13,15,20-21H,9-12,14H2,1-2H3/t15-,20-,21-/m0/s1. The summed E-state index contributed by atoms with van der Waals surface area (Å²) < 4.78 is 11.4. The summed E-state index contributed by atoms with van der Waals surface area (Å²) >= 11 is 1.86. The monoisotopic (exact) mass is 410 g/mol. The zero-order valence-electron chi connectivity index (χ0n) is 16.8. The van der Waals surface area contributed by atoms with Gasteiger partial charge in [0.25, 0.3) is 0 Å². The Morgan fingerprint density at radius 3 is 2.79 bits per heavy atom. The fourth-order valence-electron chi connectivity index (χ4n) is 4.42. The first-order valence-electron chi connectivity index (χ1n) is 10.2. The Kier molecular flexibility index (Phi) is 5.09. The maximum atomic E-state index is 5.89. The number of hydrogen-bond donors (Lipinski definition) is 0. The minimum Gasteiger partial charge on any atom is -0.496 e. The third-order valence-electron chi connectivity index (χ3n) is 5.79. The van der Waals surface area contributed by atoms with E-state index in [2.05, 4.69) is 46.0 Å². The van der Waals surface area contributed by atoms with Gasteiger partial charge in [0.15, 0.2) is 5.17 Å². The third-order valence-corrected chi connectivity index (χ3v) is 6.90. The molecule has 3 atom stereocenters. The maximum Gasteiger partial charge on any atom is 0.160 e. The number of aromatic nitrogens is 1. The second-order valence-electron chi connectivity index (χ2n) is 7.66. The van der Waals surface area contributed by atoms with Crippen molar-refractivity contribution in [2.24, 2.45) is 4.99 Å². The van der Waals surface area contributed by atoms with E-state index in [4.69, 9.17) is 14.5 Å². The Labute approximate surface area is 175 Å². The number of anilines is 1. The van der Waals surface area contributed by atoms with Gasteiger partial charge in [0.2, 0.25) is 0 Å². The lowest BCUT2D eigenvalue weighted by atomic mass is 9.95. The SMILES string of the molecule is COc1cc(N2CCOCC2)ccc1[C@H]1[C@H](c2ccccn2)N=C2S[C@@H](C)CN21. The quantitative estimate of drug-likeness (QED) is 0.769. The molecule has 0 saturated carbocycles. The summed E-state index contributed by atoms with van der Waals surface area (Å²) in [6, 6.07) is 12.8. The van der Waals surface area contributed by atoms with Gasteiger partial charge in [-0.05, 0) is 18.2 Å². The van der Waals surface area contributed by atoms with Gasteiger partial charge >= 0.3 is 0 Å². The van der Waals surface area contributed by atoms with Crippen molar-refractivity contribution in [1.29, 1.82) is 0 Å². The summed E-state index contributed by atoms with van der Waals surface area (Å²) in [5.41, 5.74) is 3.37. The average Bonchev–Trinajstić information content (AvgIpc) is 3.30. The normalized spacial score (nSPS) is 26.4. The molecule has 0 bridgehead atoms. The Hall–Kier alpha value is -2.25. The Bertz CT molecular complexity index is 901. The molecule has 2 fully saturated rings. The van der Waals surface area contributed by atoms with Crippen molar-refractivity contribution < 1.29 is 9.47 Å². The van der Waals surface area contributed by atoms with Crippen LogP contribution in [0.1, 0.15) is 30.3 Å². The first kappa shape index (κ1) is 18.8. The van der Waals surface area contributed by atoms with Gasteiger partial charge in [0.1, 0.15) is 11.8 Å². The van der Waals surface area contributed by atoms with Gasteiger partial charge in [-0.15, -0.1) is 0 Å². The van der Waals surface area contributed by atoms with Gasteiger partial charge in [-0.1, -0.05) is 30.8 Å². The number of nitrogens with zero attached hydrogens (tertiary/aromatic N) is 4. The molecule has 2 saturated heterocycles. The van der Waals surface area contributed by atoms with Crippen molar-refractivity contribution >= 4 is 22.6 Å². The van der Waals surface area contributed by atoms with Crippen molar-refractivity contribution in [1.82, 2.24) is 9.88 Å². The Morgan fingerprint density at radius 1 is 1.17 bits per heavy atom. The highest BCUT2D eigenvalue weighted by molar-refractivity contribution is 8.14. The van der Waals surface area contributed by atoms with Gasteiger partial charge < -0.3 is 19.3 Å². The Morgan fingerprint density at radius 2 is 2.03 bits per heavy atom. The predicted molar refractivity (Wildman–Crippen MR) is 117 cm³/mol. The fraction of sp³-hybridized carbons (Fsp3) is 0.455. The van der Waals surface area contributed by atoms with Crippen LogP contribution in [-0.2, 0) is 4.74 Å². The van der Waals surface area contributed by atoms with Crippen molar-refractivity contribution in [2.75, 3.05) is 44.9 Å². The largest absolute Gasteiger partial charge is 0.496 e. The van der Waals surface area contributed by atoms with E-state index in [1.807, 2.05) is 30.1 Å². The highest BCUT2D eigenvalue weighted by Crippen LogP contribution is 2.49. The molecule has 1 aromatic heterocycles. The first-order chi connectivity index (χ1) is 14.2. The molecule has 0 N–H and O–H groups in total. The van der Waals surface area contributed by atoms with Gasteiger partial charge in [-0.2, -0.15) is 0 Å². The van der Waals surface area contributed by atoms with Crippen LogP contribution in [-0.4, -0.2) is 60.3 Å². The van der Waals surface area contributed by atoms with Crippen molar-refractivity contribution in [2.45, 2.75) is 24.3 Å². The Balaban J connectivity index is 1.53. The molecule has 29 heavy (non-hydrogen) atoms. The van der Waals surface area contributed by atoms with E-state index >= 15 is 0 Å². The number of rotatable bonds is 4. The van der Waals surface area contributed by atoms with Crippen LogP contribution in [0.2, 0.25) is 0 Å². The molecule has 6 nitrogen and oxygen atoms in total. The molecule has 2 aromatic rings. The molecule has 0 amide bonds. The predicted octanol–water partition coefficient (Wildman–Crippen LogP) is 3.52. The molecule has 3 aliphatic rings. The van der Waals surface area contributed by atoms with E-state index in [0.29, 0.717) is 5.25 Å². The number of pyridine rings is 1. The second kappa shape index (κ2) is 7.88. The van der Waals surface area contributed by atoms with E-state index in [-0.39, 0.29) is 12.1 Å². The van der Waals surface area contributed by atoms with Crippen LogP contribution in [0.5, 0.6) is 5.75 Å². The van der Waals surface area contributed by atoms with E-state index < -0.39 is 0 Å². The number of aliphatic imine (C=N–C) groups is 1. The number of morpholine rings is 1. The van der Waals surface area contributed by atoms with Crippen LogP contribution in [0.3, 0.4) is 0 Å². The third kappa shape index (κ3) is 3.46. The molecule has 3 aliphatic heterocycles. The summed E-state index contributed by atoms with van der Waals surface area (Å²) in [6.45, 7) is 6.62. The molecule has 4 heterocycles. The molecular weight excluding hydrogens is 384 g/mol. The number of benzene rings is 1. The van der Waals surface area contributed by atoms with Crippen LogP contribution in [0.15, 0.2) is 47.6 Å². The topological polar surface area (TPSA) is 50.2 Å². The zero-order chi connectivity index (χ0) is 19.8. The smallest absolute Gasteiger partial charge is 0.160 e. The highest BCUT2D eigenvalue weighted by atomic mass is 32.2. The fourth-order valence-corrected chi connectivity index (χ4v) is 5.51. The molecule has 1 aromatic carbocycles. The van der Waals surface area contributed by atoms with Gasteiger partial charge in [-0.3, -0.25) is 9.98 Å². The summed E-state index contributed by atoms with van der Waals surface area (Å²) in [4.78, 5) is 14.5. The molecule has 5 rings (SSSR count). The average molecular weight is 411 g/mol. The lowest BCUT2D eigenvalue weighted by Crippen LogP contribution is -2.36. The second-order valence-corrected chi connectivity index (χ2v) is 9.07. The van der Waals surface area contributed by atoms with Gasteiger partial charge in [0, 0.05) is 48.4 Å². The number of fused-ring (bicyclic) bond motifs is 1. The molecule has 0 spiro atoms. The molecule has 152 valence electrons. The number of methoxy groups -OCH3 is 1. The molecule has 7 heteroatoms. The van der Waals surface area contributed by atoms with E-state index in [1.165, 1.54) is 11.3 Å². The minimum absolute atomic E-state index is 0.0191. The van der Waals surface area contributed by atoms with Gasteiger partial charge in [-0.25, -0.2) is 0 Å². The lowest BCUT2D eigenvalue weighted by Gasteiger charge is -2.31. The van der Waals surface area contributed by atoms with Gasteiger partial charge in [0.05, 0.1) is 32.1 Å². The number of hydrogen-bond acceptors (Lipinski definition) is 7. The summed E-state index contributed by atoms with van der Waals surface area (Å²) in [6.07, 6.45) is 1.85. The van der Waals surface area contributed by atoms with Crippen molar-refractivity contribution in [3.8, 4) is 5.75 Å². The first-order valence-corrected chi connectivity index (χ1v) is 11.0. The van der Waals surface area contributed by atoms with E-state index in [9.17, 15) is 0 Å². The van der Waals surface area contributed by atoms with Crippen molar-refractivity contribution in [3.05, 3.63) is 53.9 Å². The highest BCUT2D eigenvalue weighted by Gasteiger charge is 2.44. The number of ether oxygens (including phenoxy) is 2. The van der Waals surface area contributed by atoms with E-state index in [1.54, 1.807) is 7.11 Å². The number of amidine groups is 1. The van der Waals surface area contributed by atoms with Crippen LogP contribution in [0.4, 0.5) is 5.69 Å². The maximum absolute atomic E-state index is 5.89. The van der Waals surface area contributed by atoms with Crippen LogP contribution < -0.4 is 9.64 Å². The summed E-state index contributed by atoms with van der Waals surface area (Å²) in [5, 5.41) is 1.66. The molecule has 0 aliphatic carbocycles.